The van der Waals surface area contributed by atoms with Crippen molar-refractivity contribution >= 4 is 44.9 Å². The quantitative estimate of drug-likeness (QED) is 0.382. The number of nitriles is 1. The smallest absolute Gasteiger partial charge is 0.252 e. The van der Waals surface area contributed by atoms with Gasteiger partial charge in [-0.2, -0.15) is 5.26 Å². The van der Waals surface area contributed by atoms with Gasteiger partial charge in [0.2, 0.25) is 15.9 Å². The molecule has 1 aromatic heterocycles. The maximum atomic E-state index is 14.6. The maximum Gasteiger partial charge on any atom is 0.252 e. The third kappa shape index (κ3) is 6.00. The van der Waals surface area contributed by atoms with Crippen molar-refractivity contribution in [1.82, 2.24) is 10.3 Å². The molecular weight excluding hydrogens is 614 g/mol. The van der Waals surface area contributed by atoms with Crippen LogP contribution < -0.4 is 14.5 Å². The Bertz CT molecular complexity index is 1740. The number of amides is 2. The fraction of sp³-hybridized carbons (Fsp3) is 0.286. The Balaban J connectivity index is 1.65. The molecule has 1 saturated heterocycles. The third-order valence-corrected chi connectivity index (χ3v) is 9.32. The number of carbonyl (C=O) groups is 2. The van der Waals surface area contributed by atoms with Crippen LogP contribution in [0, 0.1) is 23.0 Å². The number of halogens is 5. The number of sulfonamides is 1. The molecule has 2 aliphatic rings. The van der Waals surface area contributed by atoms with E-state index in [2.05, 4.69) is 10.3 Å². The number of aromatic nitrogens is 1. The van der Waals surface area contributed by atoms with Crippen LogP contribution in [0.25, 0.3) is 0 Å². The summed E-state index contributed by atoms with van der Waals surface area (Å²) in [5.41, 5.74) is -0.255. The molecule has 2 amide bonds. The Morgan fingerprint density at radius 1 is 1.12 bits per heavy atom. The minimum Gasteiger partial charge on any atom is -0.351 e. The highest BCUT2D eigenvalue weighted by Crippen LogP contribution is 2.40. The summed E-state index contributed by atoms with van der Waals surface area (Å²) >= 11 is 6.43. The van der Waals surface area contributed by atoms with Crippen LogP contribution in [0.1, 0.15) is 36.4 Å². The van der Waals surface area contributed by atoms with Crippen LogP contribution in [-0.4, -0.2) is 49.0 Å². The second-order valence-electron chi connectivity index (χ2n) is 10.1. The number of nitrogens with zero attached hydrogens (tertiary/aromatic N) is 4. The highest BCUT2D eigenvalue weighted by atomic mass is 35.5. The van der Waals surface area contributed by atoms with Crippen molar-refractivity contribution in [2.45, 2.75) is 43.3 Å². The highest BCUT2D eigenvalue weighted by molar-refractivity contribution is 7.93. The van der Waals surface area contributed by atoms with E-state index in [0.29, 0.717) is 6.07 Å². The number of pyridine rings is 1. The molecule has 2 atom stereocenters. The first kappa shape index (κ1) is 30.2. The summed E-state index contributed by atoms with van der Waals surface area (Å²) in [5, 5.41) is 11.8. The SMILES string of the molecule is N#Cc1ccnc(N2[C@H](C(=O)N(c3ccc(F)c(F)c3)[C@H](C(=O)NC3CC(F)(F)C3)c3ccccc3Cl)CCS2(=O)=O)c1. The monoisotopic (exact) mass is 635 g/mol. The first-order chi connectivity index (χ1) is 20.3. The van der Waals surface area contributed by atoms with Crippen molar-refractivity contribution < 1.29 is 35.6 Å². The van der Waals surface area contributed by atoms with Gasteiger partial charge in [0.15, 0.2) is 11.6 Å². The molecule has 43 heavy (non-hydrogen) atoms. The number of rotatable bonds is 7. The Morgan fingerprint density at radius 2 is 1.84 bits per heavy atom. The highest BCUT2D eigenvalue weighted by Gasteiger charge is 2.49. The van der Waals surface area contributed by atoms with Crippen LogP contribution in [0.2, 0.25) is 5.02 Å². The van der Waals surface area contributed by atoms with Crippen molar-refractivity contribution in [3.63, 3.8) is 0 Å². The maximum absolute atomic E-state index is 14.6. The lowest BCUT2D eigenvalue weighted by Crippen LogP contribution is -2.56. The van der Waals surface area contributed by atoms with Gasteiger partial charge in [0.1, 0.15) is 17.9 Å². The Hall–Kier alpha value is -4.22. The lowest BCUT2D eigenvalue weighted by Gasteiger charge is -2.39. The van der Waals surface area contributed by atoms with Gasteiger partial charge in [-0.1, -0.05) is 29.8 Å². The number of benzene rings is 2. The molecule has 1 N–H and O–H groups in total. The van der Waals surface area contributed by atoms with E-state index < -0.39 is 76.1 Å². The van der Waals surface area contributed by atoms with E-state index in [-0.39, 0.29) is 34.1 Å². The average Bonchev–Trinajstić information content (AvgIpc) is 3.27. The van der Waals surface area contributed by atoms with E-state index in [1.54, 1.807) is 0 Å². The Kier molecular flexibility index (Phi) is 8.06. The molecule has 15 heteroatoms. The molecule has 0 unspecified atom stereocenters. The summed E-state index contributed by atoms with van der Waals surface area (Å²) in [4.78, 5) is 33.0. The van der Waals surface area contributed by atoms with Gasteiger partial charge in [-0.3, -0.25) is 14.5 Å². The number of hydrogen-bond acceptors (Lipinski definition) is 6. The lowest BCUT2D eigenvalue weighted by atomic mass is 9.87. The first-order valence-electron chi connectivity index (χ1n) is 12.9. The molecule has 0 bridgehead atoms. The zero-order valence-corrected chi connectivity index (χ0v) is 23.6. The van der Waals surface area contributed by atoms with Gasteiger partial charge in [-0.25, -0.2) is 35.3 Å². The van der Waals surface area contributed by atoms with E-state index in [1.165, 1.54) is 42.6 Å². The summed E-state index contributed by atoms with van der Waals surface area (Å²) in [6, 6.07) is 8.39. The minimum atomic E-state index is -4.17. The van der Waals surface area contributed by atoms with Crippen LogP contribution in [-0.2, 0) is 19.6 Å². The predicted molar refractivity (Wildman–Crippen MR) is 148 cm³/mol. The fourth-order valence-electron chi connectivity index (χ4n) is 5.14. The molecule has 224 valence electrons. The second kappa shape index (κ2) is 11.5. The fourth-order valence-corrected chi connectivity index (χ4v) is 7.07. The number of hydrogen-bond donors (Lipinski definition) is 1. The van der Waals surface area contributed by atoms with Crippen molar-refractivity contribution in [2.75, 3.05) is 15.0 Å². The molecule has 1 aliphatic carbocycles. The normalized spacial score (nSPS) is 19.6. The molecule has 1 aliphatic heterocycles. The summed E-state index contributed by atoms with van der Waals surface area (Å²) in [6.07, 6.45) is -0.401. The van der Waals surface area contributed by atoms with Crippen molar-refractivity contribution in [1.29, 1.82) is 5.26 Å². The Morgan fingerprint density at radius 3 is 2.49 bits per heavy atom. The number of nitrogens with one attached hydrogen (secondary N) is 1. The third-order valence-electron chi connectivity index (χ3n) is 7.18. The van der Waals surface area contributed by atoms with E-state index >= 15 is 0 Å². The summed E-state index contributed by atoms with van der Waals surface area (Å²) < 4.78 is 82.8. The summed E-state index contributed by atoms with van der Waals surface area (Å²) in [7, 11) is -4.17. The number of anilines is 2. The minimum absolute atomic E-state index is 0.0127. The molecule has 2 aromatic carbocycles. The van der Waals surface area contributed by atoms with Crippen LogP contribution in [0.4, 0.5) is 29.1 Å². The van der Waals surface area contributed by atoms with Crippen molar-refractivity contribution in [2.24, 2.45) is 0 Å². The molecule has 0 spiro atoms. The van der Waals surface area contributed by atoms with Crippen LogP contribution in [0.5, 0.6) is 0 Å². The molecule has 5 rings (SSSR count). The van der Waals surface area contributed by atoms with Gasteiger partial charge in [-0.15, -0.1) is 0 Å². The predicted octanol–water partition coefficient (Wildman–Crippen LogP) is 4.48. The van der Waals surface area contributed by atoms with Gasteiger partial charge in [0, 0.05) is 47.4 Å². The van der Waals surface area contributed by atoms with Gasteiger partial charge >= 0.3 is 0 Å². The standard InChI is InChI=1S/C28H22ClF4N5O4S/c29-20-4-2-1-3-19(20)25(26(39)36-17-13-28(32,33)14-17)37(18-5-6-21(30)22(31)12-18)27(40)23-8-10-43(41,42)38(23)24-11-16(15-34)7-9-35-24/h1-7,9,11-12,17,23,25H,8,10,13-14H2,(H,36,39)/t23-,25-/m0/s1. The van der Waals surface area contributed by atoms with E-state index in [9.17, 15) is 40.8 Å². The molecule has 3 aromatic rings. The van der Waals surface area contributed by atoms with E-state index in [0.717, 1.165) is 21.3 Å². The summed E-state index contributed by atoms with van der Waals surface area (Å²) in [6.45, 7) is 0. The van der Waals surface area contributed by atoms with Gasteiger partial charge < -0.3 is 5.32 Å². The van der Waals surface area contributed by atoms with Crippen molar-refractivity contribution in [3.05, 3.63) is 88.6 Å². The van der Waals surface area contributed by atoms with E-state index in [1.807, 2.05) is 6.07 Å². The van der Waals surface area contributed by atoms with Crippen LogP contribution in [0.3, 0.4) is 0 Å². The number of carbonyl (C=O) groups excluding carboxylic acids is 2. The Labute approximate surface area is 248 Å². The van der Waals surface area contributed by atoms with Crippen LogP contribution >= 0.6 is 11.6 Å². The zero-order chi connectivity index (χ0) is 31.1. The molecular formula is C28H22ClF4N5O4S. The number of alkyl halides is 2. The van der Waals surface area contributed by atoms with Gasteiger partial charge in [0.05, 0.1) is 17.4 Å². The molecule has 0 radical (unpaired) electrons. The molecule has 2 heterocycles. The second-order valence-corrected chi connectivity index (χ2v) is 12.5. The average molecular weight is 636 g/mol. The van der Waals surface area contributed by atoms with Crippen molar-refractivity contribution in [3.8, 4) is 6.07 Å². The molecule has 9 nitrogen and oxygen atoms in total. The largest absolute Gasteiger partial charge is 0.351 e. The lowest BCUT2D eigenvalue weighted by molar-refractivity contribution is -0.133. The van der Waals surface area contributed by atoms with Crippen LogP contribution in [0.15, 0.2) is 60.8 Å². The first-order valence-corrected chi connectivity index (χ1v) is 14.9. The van der Waals surface area contributed by atoms with Gasteiger partial charge in [0.25, 0.3) is 11.8 Å². The topological polar surface area (TPSA) is 123 Å². The molecule has 2 fully saturated rings. The van der Waals surface area contributed by atoms with E-state index in [4.69, 9.17) is 11.6 Å². The molecule has 1 saturated carbocycles. The van der Waals surface area contributed by atoms with Gasteiger partial charge in [-0.05, 0) is 36.8 Å². The zero-order valence-electron chi connectivity index (χ0n) is 22.1. The summed E-state index contributed by atoms with van der Waals surface area (Å²) in [5.74, 6) is -8.35.